The van der Waals surface area contributed by atoms with Gasteiger partial charge in [-0.25, -0.2) is 4.79 Å². The molecule has 2 atom stereocenters. The van der Waals surface area contributed by atoms with Gasteiger partial charge in [-0.05, 0) is 24.5 Å². The number of Topliss-reactive ketones (excluding diaryl/α,β-unsaturated/α-hetero) is 1. The van der Waals surface area contributed by atoms with Crippen LogP contribution in [0.2, 0.25) is 0 Å². The normalized spacial score (nSPS) is 15.8. The summed E-state index contributed by atoms with van der Waals surface area (Å²) in [5.74, 6) is -0.822. The minimum absolute atomic E-state index is 0.0255. The number of nitriles is 1. The number of esters is 1. The Morgan fingerprint density at radius 2 is 1.60 bits per heavy atom. The number of para-hydroxylation sites is 1. The van der Waals surface area contributed by atoms with Crippen molar-refractivity contribution in [3.8, 4) is 11.8 Å². The lowest BCUT2D eigenvalue weighted by molar-refractivity contribution is -0.138. The van der Waals surface area contributed by atoms with Crippen molar-refractivity contribution >= 4 is 29.2 Å². The zero-order chi connectivity index (χ0) is 28.6. The van der Waals surface area contributed by atoms with E-state index in [1.54, 1.807) is 32.2 Å². The van der Waals surface area contributed by atoms with Gasteiger partial charge in [0.15, 0.2) is 5.78 Å². The van der Waals surface area contributed by atoms with E-state index in [0.717, 1.165) is 5.56 Å². The highest BCUT2D eigenvalue weighted by atomic mass is 32.2. The van der Waals surface area contributed by atoms with Crippen LogP contribution < -0.4 is 10.1 Å². The Labute approximate surface area is 239 Å². The first-order chi connectivity index (χ1) is 19.4. The second-order valence-electron chi connectivity index (χ2n) is 9.54. The first-order valence-corrected chi connectivity index (χ1v) is 14.1. The number of hydrogen-bond acceptors (Lipinski definition) is 7. The number of thioether (sulfide) groups is 1. The van der Waals surface area contributed by atoms with Gasteiger partial charge in [0.25, 0.3) is 0 Å². The first-order valence-electron chi connectivity index (χ1n) is 13.2. The Hall–Kier alpha value is -4.28. The third-order valence-electron chi connectivity index (χ3n) is 6.63. The summed E-state index contributed by atoms with van der Waals surface area (Å²) < 4.78 is 11.2. The number of methoxy groups -OCH3 is 1. The van der Waals surface area contributed by atoms with Gasteiger partial charge in [-0.15, -0.1) is 0 Å². The number of allylic oxidation sites excluding steroid dienone is 1. The number of ether oxygens (including phenoxy) is 2. The zero-order valence-electron chi connectivity index (χ0n) is 23.0. The number of nitrogens with one attached hydrogen (secondary N) is 1. The van der Waals surface area contributed by atoms with Crippen molar-refractivity contribution in [1.29, 1.82) is 5.26 Å². The van der Waals surface area contributed by atoms with Gasteiger partial charge in [0.1, 0.15) is 5.75 Å². The maximum absolute atomic E-state index is 13.7. The zero-order valence-corrected chi connectivity index (χ0v) is 23.8. The summed E-state index contributed by atoms with van der Waals surface area (Å²) in [4.78, 5) is 27.3. The number of dihydropyridines is 1. The minimum atomic E-state index is -0.779. The van der Waals surface area contributed by atoms with Crippen molar-refractivity contribution in [1.82, 2.24) is 5.32 Å². The SMILES string of the molecule is CCOC(=O)C1=C(c2ccccc2)NC(S[C@@H](C(=O)c2ccccc2)C(C)C)=C(C#N)[C@H]1c1ccccc1OC. The molecule has 6 nitrogen and oxygen atoms in total. The number of carbonyl (C=O) groups excluding carboxylic acids is 2. The van der Waals surface area contributed by atoms with Crippen LogP contribution in [0.25, 0.3) is 5.70 Å². The monoisotopic (exact) mass is 552 g/mol. The molecule has 3 aromatic carbocycles. The molecule has 3 aromatic rings. The number of carbonyl (C=O) groups is 2. The molecule has 7 heteroatoms. The van der Waals surface area contributed by atoms with Crippen molar-refractivity contribution in [3.63, 3.8) is 0 Å². The van der Waals surface area contributed by atoms with Crippen LogP contribution in [0.4, 0.5) is 0 Å². The molecular formula is C33H32N2O4S. The van der Waals surface area contributed by atoms with Gasteiger partial charge in [-0.1, -0.05) is 104 Å². The van der Waals surface area contributed by atoms with Crippen LogP contribution in [0.3, 0.4) is 0 Å². The number of benzene rings is 3. The molecule has 0 saturated carbocycles. The van der Waals surface area contributed by atoms with Crippen molar-refractivity contribution in [2.24, 2.45) is 5.92 Å². The summed E-state index contributed by atoms with van der Waals surface area (Å²) in [6.45, 7) is 5.91. The second kappa shape index (κ2) is 13.2. The second-order valence-corrected chi connectivity index (χ2v) is 10.7. The largest absolute Gasteiger partial charge is 0.496 e. The Balaban J connectivity index is 1.95. The minimum Gasteiger partial charge on any atom is -0.496 e. The molecule has 0 aliphatic carbocycles. The average molecular weight is 553 g/mol. The molecule has 1 aliphatic rings. The predicted molar refractivity (Wildman–Crippen MR) is 158 cm³/mol. The number of nitrogens with zero attached hydrogens (tertiary/aromatic N) is 1. The smallest absolute Gasteiger partial charge is 0.337 e. The lowest BCUT2D eigenvalue weighted by atomic mass is 9.81. The van der Waals surface area contributed by atoms with Crippen LogP contribution in [0.5, 0.6) is 5.75 Å². The van der Waals surface area contributed by atoms with E-state index in [2.05, 4.69) is 11.4 Å². The molecule has 40 heavy (non-hydrogen) atoms. The number of rotatable bonds is 10. The summed E-state index contributed by atoms with van der Waals surface area (Å²) in [5, 5.41) is 14.0. The summed E-state index contributed by atoms with van der Waals surface area (Å²) in [5.41, 5.74) is 3.20. The molecule has 0 amide bonds. The fourth-order valence-corrected chi connectivity index (χ4v) is 5.96. The van der Waals surface area contributed by atoms with E-state index in [-0.39, 0.29) is 18.3 Å². The third-order valence-corrected chi connectivity index (χ3v) is 8.20. The fourth-order valence-electron chi connectivity index (χ4n) is 4.74. The van der Waals surface area contributed by atoms with Gasteiger partial charge < -0.3 is 14.8 Å². The van der Waals surface area contributed by atoms with E-state index in [4.69, 9.17) is 9.47 Å². The van der Waals surface area contributed by atoms with E-state index in [0.29, 0.717) is 38.7 Å². The topological polar surface area (TPSA) is 88.4 Å². The molecule has 0 spiro atoms. The highest BCUT2D eigenvalue weighted by molar-refractivity contribution is 8.04. The number of hydrogen-bond donors (Lipinski definition) is 1. The van der Waals surface area contributed by atoms with Gasteiger partial charge in [0, 0.05) is 11.1 Å². The van der Waals surface area contributed by atoms with Crippen LogP contribution >= 0.6 is 11.8 Å². The van der Waals surface area contributed by atoms with Gasteiger partial charge >= 0.3 is 5.97 Å². The van der Waals surface area contributed by atoms with Crippen LogP contribution in [-0.2, 0) is 9.53 Å². The molecule has 1 heterocycles. The Morgan fingerprint density at radius 3 is 2.20 bits per heavy atom. The standard InChI is InChI=1S/C33H32N2O4S/c1-5-39-33(37)28-27(24-18-12-13-19-26(24)38-4)25(20-34)32(35-29(28)22-14-8-6-9-15-22)40-31(21(2)3)30(36)23-16-10-7-11-17-23/h6-19,21,27,31,35H,5H2,1-4H3/t27-,31-/m1/s1. The van der Waals surface area contributed by atoms with Crippen molar-refractivity contribution in [2.45, 2.75) is 31.9 Å². The Bertz CT molecular complexity index is 1470. The van der Waals surface area contributed by atoms with Crippen molar-refractivity contribution < 1.29 is 19.1 Å². The van der Waals surface area contributed by atoms with Crippen LogP contribution in [-0.4, -0.2) is 30.7 Å². The van der Waals surface area contributed by atoms with Crippen LogP contribution in [0.15, 0.2) is 101 Å². The summed E-state index contributed by atoms with van der Waals surface area (Å²) in [6, 6.07) is 28.3. The van der Waals surface area contributed by atoms with E-state index in [1.807, 2.05) is 80.6 Å². The molecule has 1 N–H and O–H groups in total. The summed E-state index contributed by atoms with van der Waals surface area (Å²) in [6.07, 6.45) is 0. The third kappa shape index (κ3) is 5.98. The summed E-state index contributed by atoms with van der Waals surface area (Å²) in [7, 11) is 1.56. The Morgan fingerprint density at radius 1 is 0.975 bits per heavy atom. The van der Waals surface area contributed by atoms with Crippen LogP contribution in [0, 0.1) is 17.2 Å². The maximum atomic E-state index is 13.7. The summed E-state index contributed by atoms with van der Waals surface area (Å²) >= 11 is 1.32. The molecule has 4 rings (SSSR count). The molecule has 204 valence electrons. The van der Waals surface area contributed by atoms with Gasteiger partial charge in [0.2, 0.25) is 0 Å². The molecular weight excluding hydrogens is 520 g/mol. The first kappa shape index (κ1) is 28.7. The molecule has 0 fully saturated rings. The molecule has 0 saturated heterocycles. The van der Waals surface area contributed by atoms with Gasteiger partial charge in [-0.2, -0.15) is 5.26 Å². The molecule has 0 radical (unpaired) electrons. The van der Waals surface area contributed by atoms with Gasteiger partial charge in [0.05, 0.1) is 52.8 Å². The highest BCUT2D eigenvalue weighted by Gasteiger charge is 2.40. The van der Waals surface area contributed by atoms with Gasteiger partial charge in [-0.3, -0.25) is 4.79 Å². The molecule has 0 unspecified atom stereocenters. The quantitative estimate of drug-likeness (QED) is 0.220. The number of ketones is 1. The fraction of sp³-hybridized carbons (Fsp3) is 0.242. The van der Waals surface area contributed by atoms with E-state index in [9.17, 15) is 14.9 Å². The lowest BCUT2D eigenvalue weighted by Crippen LogP contribution is -2.32. The lowest BCUT2D eigenvalue weighted by Gasteiger charge is -2.33. The van der Waals surface area contributed by atoms with Crippen molar-refractivity contribution in [2.75, 3.05) is 13.7 Å². The predicted octanol–water partition coefficient (Wildman–Crippen LogP) is 6.73. The van der Waals surface area contributed by atoms with E-state index >= 15 is 0 Å². The molecule has 1 aliphatic heterocycles. The molecule has 0 aromatic heterocycles. The van der Waals surface area contributed by atoms with E-state index < -0.39 is 17.1 Å². The maximum Gasteiger partial charge on any atom is 0.337 e. The van der Waals surface area contributed by atoms with E-state index in [1.165, 1.54) is 11.8 Å². The molecule has 0 bridgehead atoms. The highest BCUT2D eigenvalue weighted by Crippen LogP contribution is 2.47. The van der Waals surface area contributed by atoms with Crippen molar-refractivity contribution in [3.05, 3.63) is 118 Å². The van der Waals surface area contributed by atoms with Crippen LogP contribution in [0.1, 0.15) is 48.2 Å². The Kier molecular flexibility index (Phi) is 9.47. The average Bonchev–Trinajstić information content (AvgIpc) is 2.99.